The zero-order valence-corrected chi connectivity index (χ0v) is 8.26. The van der Waals surface area contributed by atoms with Crippen molar-refractivity contribution in [3.05, 3.63) is 23.8 Å². The zero-order chi connectivity index (χ0) is 8.69. The topological polar surface area (TPSA) is 57.3 Å². The number of hydrogen-bond donors (Lipinski definition) is 0. The highest BCUT2D eigenvalue weighted by atomic mass is 16.0. The summed E-state index contributed by atoms with van der Waals surface area (Å²) in [5.74, 6) is 0.829. The first kappa shape index (κ1) is 13.6. The van der Waals surface area contributed by atoms with Crippen LogP contribution >= 0.6 is 0 Å². The molecule has 0 atom stereocenters. The van der Waals surface area contributed by atoms with Gasteiger partial charge in [0.05, 0.1) is 0 Å². The van der Waals surface area contributed by atoms with E-state index in [4.69, 9.17) is 0 Å². The Morgan fingerprint density at radius 1 is 1.08 bits per heavy atom. The first-order valence-electron chi connectivity index (χ1n) is 3.96. The van der Waals surface area contributed by atoms with Crippen molar-refractivity contribution in [2.45, 2.75) is 34.1 Å². The molecule has 0 aliphatic carbocycles. The summed E-state index contributed by atoms with van der Waals surface area (Å²) in [6.45, 7) is 8.10. The van der Waals surface area contributed by atoms with Gasteiger partial charge in [-0.15, -0.1) is 0 Å². The van der Waals surface area contributed by atoms with Crippen molar-refractivity contribution in [3.8, 4) is 0 Å². The predicted octanol–water partition coefficient (Wildman–Crippen LogP) is 1.69. The van der Waals surface area contributed by atoms with Gasteiger partial charge in [-0.3, -0.25) is 0 Å². The van der Waals surface area contributed by atoms with Gasteiger partial charge >= 0.3 is 0 Å². The van der Waals surface area contributed by atoms with Gasteiger partial charge in [0.15, 0.2) is 0 Å². The van der Waals surface area contributed by atoms with Crippen LogP contribution in [0.5, 0.6) is 0 Å². The van der Waals surface area contributed by atoms with Gasteiger partial charge in [-0.1, -0.05) is 20.3 Å². The first-order chi connectivity index (χ1) is 5.20. The molecule has 0 aromatic carbocycles. The third-order valence-electron chi connectivity index (χ3n) is 0.910. The van der Waals surface area contributed by atoms with Gasteiger partial charge in [0, 0.05) is 12.4 Å². The fraction of sp³-hybridized carbons (Fsp3) is 0.556. The molecular formula is C9H18N2O. The summed E-state index contributed by atoms with van der Waals surface area (Å²) in [7, 11) is 0. The van der Waals surface area contributed by atoms with Crippen molar-refractivity contribution in [2.75, 3.05) is 0 Å². The number of hydrogen-bond acceptors (Lipinski definition) is 2. The van der Waals surface area contributed by atoms with E-state index in [1.165, 1.54) is 6.42 Å². The molecule has 0 aliphatic heterocycles. The molecule has 3 heteroatoms. The summed E-state index contributed by atoms with van der Waals surface area (Å²) in [6.07, 6.45) is 4.87. The minimum Gasteiger partial charge on any atom is -0.412 e. The summed E-state index contributed by atoms with van der Waals surface area (Å²) in [5, 5.41) is 0. The van der Waals surface area contributed by atoms with E-state index in [0.29, 0.717) is 0 Å². The summed E-state index contributed by atoms with van der Waals surface area (Å²) >= 11 is 0. The maximum atomic E-state index is 3.97. The van der Waals surface area contributed by atoms with Gasteiger partial charge in [0.1, 0.15) is 5.82 Å². The van der Waals surface area contributed by atoms with Gasteiger partial charge in [0.25, 0.3) is 0 Å². The Bertz CT molecular complexity index is 163. The number of nitrogens with zero attached hydrogens (tertiary/aromatic N) is 2. The molecule has 0 saturated heterocycles. The molecule has 1 heterocycles. The van der Waals surface area contributed by atoms with Crippen LogP contribution in [0, 0.1) is 13.8 Å². The molecule has 1 aromatic heterocycles. The molecule has 1 rings (SSSR count). The summed E-state index contributed by atoms with van der Waals surface area (Å²) in [5.41, 5.74) is 1.11. The lowest BCUT2D eigenvalue weighted by Crippen LogP contribution is -1.84. The average molecular weight is 170 g/mol. The van der Waals surface area contributed by atoms with Crippen LogP contribution in [0.4, 0.5) is 0 Å². The Kier molecular flexibility index (Phi) is 9.24. The Labute approximate surface area is 74.2 Å². The van der Waals surface area contributed by atoms with Gasteiger partial charge in [0.2, 0.25) is 0 Å². The fourth-order valence-corrected chi connectivity index (χ4v) is 0.457. The largest absolute Gasteiger partial charge is 0.412 e. The Hall–Kier alpha value is -0.960. The van der Waals surface area contributed by atoms with Crippen molar-refractivity contribution < 1.29 is 5.48 Å². The van der Waals surface area contributed by atoms with Gasteiger partial charge in [-0.2, -0.15) is 0 Å². The van der Waals surface area contributed by atoms with Crippen LogP contribution in [-0.4, -0.2) is 15.4 Å². The Morgan fingerprint density at radius 3 is 1.67 bits per heavy atom. The summed E-state index contributed by atoms with van der Waals surface area (Å²) in [6, 6.07) is 0. The van der Waals surface area contributed by atoms with E-state index in [1.807, 2.05) is 26.2 Å². The molecule has 0 aliphatic rings. The molecule has 0 amide bonds. The minimum absolute atomic E-state index is 0. The van der Waals surface area contributed by atoms with Crippen molar-refractivity contribution in [1.29, 1.82) is 0 Å². The molecule has 0 fully saturated rings. The molecule has 0 unspecified atom stereocenters. The summed E-state index contributed by atoms with van der Waals surface area (Å²) < 4.78 is 0. The molecule has 1 aromatic rings. The van der Waals surface area contributed by atoms with Crippen LogP contribution in [0.25, 0.3) is 0 Å². The molecule has 2 N–H and O–H groups in total. The lowest BCUT2D eigenvalue weighted by molar-refractivity contribution is 0.824. The van der Waals surface area contributed by atoms with Crippen molar-refractivity contribution >= 4 is 0 Å². The number of aromatic nitrogens is 2. The molecule has 0 radical (unpaired) electrons. The molecule has 0 saturated carbocycles. The van der Waals surface area contributed by atoms with Crippen molar-refractivity contribution in [1.82, 2.24) is 9.97 Å². The van der Waals surface area contributed by atoms with E-state index < -0.39 is 0 Å². The first-order valence-corrected chi connectivity index (χ1v) is 3.96. The second kappa shape index (κ2) is 8.14. The second-order valence-electron chi connectivity index (χ2n) is 2.51. The molecule has 3 nitrogen and oxygen atoms in total. The lowest BCUT2D eigenvalue weighted by atomic mass is 10.4. The van der Waals surface area contributed by atoms with Gasteiger partial charge in [-0.05, 0) is 19.4 Å². The normalized spacial score (nSPS) is 7.67. The molecule has 0 bridgehead atoms. The minimum atomic E-state index is 0. The average Bonchev–Trinajstić information content (AvgIpc) is 1.97. The molecular weight excluding hydrogens is 152 g/mol. The standard InChI is InChI=1S/C6H8N2.C3H8.H2O/c1-5-3-7-6(2)8-4-5;1-3-2;/h3-4H,1-2H3;3H2,1-2H3;1H2. The van der Waals surface area contributed by atoms with E-state index in [0.717, 1.165) is 11.4 Å². The van der Waals surface area contributed by atoms with Crippen LogP contribution in [0.15, 0.2) is 12.4 Å². The van der Waals surface area contributed by atoms with E-state index in [-0.39, 0.29) is 5.48 Å². The highest BCUT2D eigenvalue weighted by Gasteiger charge is 1.82. The van der Waals surface area contributed by atoms with Crippen LogP contribution in [-0.2, 0) is 0 Å². The Morgan fingerprint density at radius 2 is 1.42 bits per heavy atom. The SMILES string of the molecule is CCC.Cc1cnc(C)nc1.O. The van der Waals surface area contributed by atoms with E-state index >= 15 is 0 Å². The van der Waals surface area contributed by atoms with E-state index in [9.17, 15) is 0 Å². The second-order valence-corrected chi connectivity index (χ2v) is 2.51. The van der Waals surface area contributed by atoms with Crippen molar-refractivity contribution in [3.63, 3.8) is 0 Å². The van der Waals surface area contributed by atoms with Crippen LogP contribution in [0.2, 0.25) is 0 Å². The van der Waals surface area contributed by atoms with E-state index in [1.54, 1.807) is 0 Å². The smallest absolute Gasteiger partial charge is 0.125 e. The van der Waals surface area contributed by atoms with E-state index in [2.05, 4.69) is 23.8 Å². The molecule has 0 spiro atoms. The third-order valence-corrected chi connectivity index (χ3v) is 0.910. The third kappa shape index (κ3) is 7.15. The fourth-order valence-electron chi connectivity index (χ4n) is 0.457. The maximum absolute atomic E-state index is 3.97. The highest BCUT2D eigenvalue weighted by molar-refractivity contribution is 5.00. The summed E-state index contributed by atoms with van der Waals surface area (Å²) in [4.78, 5) is 7.94. The lowest BCUT2D eigenvalue weighted by Gasteiger charge is -1.88. The van der Waals surface area contributed by atoms with Gasteiger partial charge < -0.3 is 5.48 Å². The maximum Gasteiger partial charge on any atom is 0.125 e. The van der Waals surface area contributed by atoms with Crippen LogP contribution in [0.1, 0.15) is 31.7 Å². The highest BCUT2D eigenvalue weighted by Crippen LogP contribution is 1.89. The van der Waals surface area contributed by atoms with Crippen LogP contribution < -0.4 is 0 Å². The van der Waals surface area contributed by atoms with Gasteiger partial charge in [-0.25, -0.2) is 9.97 Å². The van der Waals surface area contributed by atoms with Crippen LogP contribution in [0.3, 0.4) is 0 Å². The monoisotopic (exact) mass is 170 g/mol. The molecule has 70 valence electrons. The quantitative estimate of drug-likeness (QED) is 0.594. The Balaban J connectivity index is 0. The zero-order valence-electron chi connectivity index (χ0n) is 8.26. The van der Waals surface area contributed by atoms with Crippen molar-refractivity contribution in [2.24, 2.45) is 0 Å². The number of rotatable bonds is 0. The number of aryl methyl sites for hydroxylation is 2. The predicted molar refractivity (Wildman–Crippen MR) is 51.1 cm³/mol. The molecule has 12 heavy (non-hydrogen) atoms.